The molecule has 542 valence electrons. The van der Waals surface area contributed by atoms with Crippen LogP contribution in [-0.4, -0.2) is 235 Å². The number of carbonyl (C=O) groups excluding carboxylic acids is 9. The van der Waals surface area contributed by atoms with Crippen molar-refractivity contribution in [2.75, 3.05) is 85.8 Å². The van der Waals surface area contributed by atoms with Crippen molar-refractivity contribution < 1.29 is 131 Å². The molecule has 0 aromatic rings. The van der Waals surface area contributed by atoms with Gasteiger partial charge in [-0.15, -0.1) is 0 Å². The summed E-state index contributed by atoms with van der Waals surface area (Å²) in [6.07, 6.45) is 11.6. The van der Waals surface area contributed by atoms with Gasteiger partial charge in [0.2, 0.25) is 47.3 Å². The number of hydrogen-bond acceptors (Lipinski definition) is 21. The van der Waals surface area contributed by atoms with Crippen LogP contribution in [-0.2, 0) is 100 Å². The number of amides is 8. The Morgan fingerprint density at radius 3 is 0.895 bits per heavy atom. The molecular formula is C60H100N8O27. The maximum absolute atomic E-state index is 12.6. The van der Waals surface area contributed by atoms with Crippen molar-refractivity contribution in [3.8, 4) is 0 Å². The second-order valence-electron chi connectivity index (χ2n) is 22.0. The van der Waals surface area contributed by atoms with Crippen LogP contribution in [0.4, 0.5) is 0 Å². The van der Waals surface area contributed by atoms with Gasteiger partial charge < -0.3 is 96.3 Å². The molecule has 0 bridgehead atoms. The second kappa shape index (κ2) is 56.4. The Morgan fingerprint density at radius 1 is 0.284 bits per heavy atom. The molecule has 0 aromatic carbocycles. The maximum Gasteiger partial charge on any atom is 0.326 e. The lowest BCUT2D eigenvalue weighted by molar-refractivity contribution is -0.144. The number of unbranched alkanes of at least 4 members (excludes halogenated alkanes) is 13. The summed E-state index contributed by atoms with van der Waals surface area (Å²) in [4.78, 5) is 183. The maximum atomic E-state index is 12.6. The van der Waals surface area contributed by atoms with Crippen molar-refractivity contribution in [1.82, 2.24) is 42.7 Å². The fourth-order valence-electron chi connectivity index (χ4n) is 8.58. The fourth-order valence-corrected chi connectivity index (χ4v) is 8.58. The van der Waals surface area contributed by atoms with Gasteiger partial charge >= 0.3 is 35.8 Å². The van der Waals surface area contributed by atoms with Crippen molar-refractivity contribution in [3.63, 3.8) is 0 Å². The van der Waals surface area contributed by atoms with Crippen molar-refractivity contribution in [2.24, 2.45) is 0 Å². The summed E-state index contributed by atoms with van der Waals surface area (Å²) in [5.74, 6) is -13.4. The topological polar surface area (TPSA) is 529 Å². The molecule has 0 unspecified atom stereocenters. The quantitative estimate of drug-likeness (QED) is 0.0282. The van der Waals surface area contributed by atoms with E-state index < -0.39 is 146 Å². The number of ether oxygens (including phenoxy) is 5. The van der Waals surface area contributed by atoms with E-state index in [-0.39, 0.29) is 136 Å². The van der Waals surface area contributed by atoms with Gasteiger partial charge in [0, 0.05) is 58.0 Å². The Bertz CT molecular complexity index is 2370. The molecular weight excluding hydrogens is 1260 g/mol. The van der Waals surface area contributed by atoms with Crippen LogP contribution in [0.2, 0.25) is 0 Å². The number of aliphatic carboxylic acids is 6. The molecule has 35 heteroatoms. The van der Waals surface area contributed by atoms with Gasteiger partial charge in [-0.05, 0) is 51.9 Å². The van der Waals surface area contributed by atoms with Crippen LogP contribution in [0.15, 0.2) is 0 Å². The summed E-state index contributed by atoms with van der Waals surface area (Å²) < 4.78 is 26.0. The number of carboxylic acids is 6. The second-order valence-corrected chi connectivity index (χ2v) is 22.0. The van der Waals surface area contributed by atoms with Crippen LogP contribution in [0.5, 0.6) is 0 Å². The van der Waals surface area contributed by atoms with Gasteiger partial charge in [0.15, 0.2) is 0 Å². The Kier molecular flexibility index (Phi) is 51.6. The molecule has 0 heterocycles. The zero-order valence-corrected chi connectivity index (χ0v) is 54.2. The van der Waals surface area contributed by atoms with Gasteiger partial charge in [-0.2, -0.15) is 0 Å². The molecule has 5 atom stereocenters. The molecule has 0 saturated heterocycles. The van der Waals surface area contributed by atoms with Crippen LogP contribution in [0.3, 0.4) is 0 Å². The minimum Gasteiger partial charge on any atom is -0.481 e. The normalized spacial score (nSPS) is 12.5. The summed E-state index contributed by atoms with van der Waals surface area (Å²) in [6, 6.07) is -7.03. The van der Waals surface area contributed by atoms with Gasteiger partial charge in [0.05, 0.1) is 52.9 Å². The van der Waals surface area contributed by atoms with E-state index in [9.17, 15) is 92.3 Å². The van der Waals surface area contributed by atoms with E-state index in [0.29, 0.717) is 6.42 Å². The highest BCUT2D eigenvalue weighted by Crippen LogP contribution is 2.14. The van der Waals surface area contributed by atoms with Gasteiger partial charge in [-0.3, -0.25) is 48.0 Å². The lowest BCUT2D eigenvalue weighted by Crippen LogP contribution is -2.44. The molecule has 0 aromatic heterocycles. The third kappa shape index (κ3) is 53.0. The Morgan fingerprint density at radius 2 is 0.558 bits per heavy atom. The number of hydroxylamine groups is 1. The lowest BCUT2D eigenvalue weighted by atomic mass is 10.0. The predicted molar refractivity (Wildman–Crippen MR) is 330 cm³/mol. The first kappa shape index (κ1) is 87.0. The Hall–Kier alpha value is -7.99. The van der Waals surface area contributed by atoms with E-state index >= 15 is 0 Å². The largest absolute Gasteiger partial charge is 0.481 e. The van der Waals surface area contributed by atoms with Gasteiger partial charge in [0.1, 0.15) is 55.8 Å². The van der Waals surface area contributed by atoms with Crippen LogP contribution >= 0.6 is 0 Å². The average Bonchev–Trinajstić information content (AvgIpc) is 3.64. The van der Waals surface area contributed by atoms with E-state index in [2.05, 4.69) is 37.2 Å². The molecule has 8 amide bonds. The molecule has 0 radical (unpaired) electrons. The Labute approximate surface area is 550 Å². The summed E-state index contributed by atoms with van der Waals surface area (Å²) in [5, 5.41) is 72.5. The van der Waals surface area contributed by atoms with E-state index in [1.807, 2.05) is 5.48 Å². The molecule has 0 aliphatic heterocycles. The summed E-state index contributed by atoms with van der Waals surface area (Å²) in [6.45, 7) is -0.931. The molecule has 0 aliphatic carbocycles. The van der Waals surface area contributed by atoms with E-state index in [4.69, 9.17) is 38.7 Å². The van der Waals surface area contributed by atoms with Crippen molar-refractivity contribution in [3.05, 3.63) is 0 Å². The van der Waals surface area contributed by atoms with Gasteiger partial charge in [-0.1, -0.05) is 77.0 Å². The van der Waals surface area contributed by atoms with Crippen LogP contribution in [0.25, 0.3) is 0 Å². The Balaban J connectivity index is 4.21. The SMILES string of the molecule is CC(=O)CC[C@H](NC(=O)COCCOCCNC(=O)CC[C@H](NC(=O)COCCOCCNC(=O)CC[C@H](NC(=O)COCCONC(=O)CC[C@H](NC(=O)CC[C@H](NC(=O)CCCCCCCCCCCCCCCCC(=O)O)C(=O)O)C(=O)O)C(=O)O)C(=O)O)C(=O)O. The van der Waals surface area contributed by atoms with Crippen LogP contribution < -0.4 is 42.7 Å². The molecule has 14 N–H and O–H groups in total. The van der Waals surface area contributed by atoms with Crippen molar-refractivity contribution in [2.45, 2.75) is 204 Å². The minimum absolute atomic E-state index is 0.000724. The highest BCUT2D eigenvalue weighted by atomic mass is 16.7. The summed E-state index contributed by atoms with van der Waals surface area (Å²) in [5.41, 5.74) is 2.04. The molecule has 0 spiro atoms. The van der Waals surface area contributed by atoms with Crippen molar-refractivity contribution >= 4 is 88.9 Å². The molecule has 0 fully saturated rings. The first-order valence-corrected chi connectivity index (χ1v) is 32.0. The van der Waals surface area contributed by atoms with Crippen LogP contribution in [0.1, 0.15) is 174 Å². The molecule has 95 heavy (non-hydrogen) atoms. The predicted octanol–water partition coefficient (Wildman–Crippen LogP) is 0.0128. The molecule has 35 nitrogen and oxygen atoms in total. The van der Waals surface area contributed by atoms with E-state index in [1.54, 1.807) is 0 Å². The first-order chi connectivity index (χ1) is 45.3. The molecule has 0 aliphatic rings. The number of Topliss-reactive ketones (excluding diaryl/α,β-unsaturated/α-hetero) is 1. The lowest BCUT2D eigenvalue weighted by Gasteiger charge is -2.17. The minimum atomic E-state index is -1.53. The average molecular weight is 1370 g/mol. The number of carbonyl (C=O) groups is 15. The number of nitrogens with one attached hydrogen (secondary N) is 8. The van der Waals surface area contributed by atoms with Gasteiger partial charge in [-0.25, -0.2) is 29.5 Å². The third-order valence-corrected chi connectivity index (χ3v) is 13.7. The van der Waals surface area contributed by atoms with E-state index in [0.717, 1.165) is 70.6 Å². The molecule has 0 rings (SSSR count). The number of carboxylic acid groups (broad SMARTS) is 6. The fraction of sp³-hybridized carbons (Fsp3) is 0.750. The van der Waals surface area contributed by atoms with Crippen LogP contribution in [0, 0.1) is 0 Å². The molecule has 0 saturated carbocycles. The summed E-state index contributed by atoms with van der Waals surface area (Å²) in [7, 11) is 0. The third-order valence-electron chi connectivity index (χ3n) is 13.7. The number of hydrogen-bond donors (Lipinski definition) is 14. The smallest absolute Gasteiger partial charge is 0.326 e. The van der Waals surface area contributed by atoms with E-state index in [1.165, 1.54) is 19.8 Å². The summed E-state index contributed by atoms with van der Waals surface area (Å²) >= 11 is 0. The zero-order chi connectivity index (χ0) is 71.0. The highest BCUT2D eigenvalue weighted by molar-refractivity contribution is 5.88. The number of ketones is 1. The van der Waals surface area contributed by atoms with Crippen molar-refractivity contribution in [1.29, 1.82) is 0 Å². The van der Waals surface area contributed by atoms with Gasteiger partial charge in [0.25, 0.3) is 0 Å². The monoisotopic (exact) mass is 1360 g/mol. The highest BCUT2D eigenvalue weighted by Gasteiger charge is 2.27. The number of rotatable bonds is 64. The zero-order valence-electron chi connectivity index (χ0n) is 54.2. The standard InChI is InChI=1S/C60H100N8O27/c1-41(69)18-19-42(56(80)81)65-52(75)38-92-34-32-90-30-28-61-47(70)24-20-45(59(86)87)66-53(76)39-93-35-33-91-31-29-62-48(71)25-21-46(60(88)89)67-54(77)40-94-36-37-95-68-51(74)27-23-44(58(84)85)64-50(73)26-22-43(57(82)83)63-49(72)16-14-12-10-8-6-4-2-3-5-7-9-11-13-15-17-55(78)79/h42-46H,2-40H2,1H3,(H,61,70)(H,62,71)(H,63,72)(H,64,73)(H,65,75)(H,66,76)(H,67,77)(H,68,74)(H,78,79)(H,80,81)(H,82,83)(H,84,85)(H,86,87)(H,88,89)/t42-,43-,44-,45-,46-/m0/s1. The first-order valence-electron chi connectivity index (χ1n) is 32.0.